The second kappa shape index (κ2) is 10.1. The number of ether oxygens (including phenoxy) is 2. The smallest absolute Gasteiger partial charge is 0.226 e. The fourth-order valence-electron chi connectivity index (χ4n) is 3.43. The fourth-order valence-corrected chi connectivity index (χ4v) is 3.43. The van der Waals surface area contributed by atoms with Crippen LogP contribution in [0.5, 0.6) is 11.5 Å². The van der Waals surface area contributed by atoms with Crippen LogP contribution in [0.2, 0.25) is 0 Å². The summed E-state index contributed by atoms with van der Waals surface area (Å²) in [5.41, 5.74) is 0.967. The number of hydrogen-bond donors (Lipinski definition) is 1. The number of methoxy groups -OCH3 is 2. The van der Waals surface area contributed by atoms with Crippen LogP contribution in [-0.2, 0) is 16.1 Å². The molecule has 6 nitrogen and oxygen atoms in total. The molecule has 2 rings (SSSR count). The van der Waals surface area contributed by atoms with E-state index in [9.17, 15) is 9.59 Å². The third-order valence-electron chi connectivity index (χ3n) is 4.97. The first-order valence-corrected chi connectivity index (χ1v) is 9.34. The number of nitrogens with zero attached hydrogens (tertiary/aromatic N) is 1. The van der Waals surface area contributed by atoms with Crippen molar-refractivity contribution < 1.29 is 19.1 Å². The SMILES string of the molecule is CN[C@H](/C=C/C(C)=O)C[C@@H]1CCCN(Cc2ccc(OC)cc2OC)C1=O. The van der Waals surface area contributed by atoms with Crippen LogP contribution in [0.25, 0.3) is 0 Å². The highest BCUT2D eigenvalue weighted by molar-refractivity contribution is 5.87. The molecule has 1 amide bonds. The van der Waals surface area contributed by atoms with Gasteiger partial charge in [0.1, 0.15) is 11.5 Å². The van der Waals surface area contributed by atoms with Gasteiger partial charge in [-0.3, -0.25) is 9.59 Å². The number of allylic oxidation sites excluding steroid dienone is 1. The van der Waals surface area contributed by atoms with Crippen molar-refractivity contribution >= 4 is 11.7 Å². The predicted octanol–water partition coefficient (Wildman–Crippen LogP) is 2.57. The Bertz CT molecular complexity index is 687. The molecule has 1 heterocycles. The number of amides is 1. The Hall–Kier alpha value is -2.34. The van der Waals surface area contributed by atoms with E-state index in [4.69, 9.17) is 9.47 Å². The monoisotopic (exact) mass is 374 g/mol. The zero-order chi connectivity index (χ0) is 19.8. The minimum absolute atomic E-state index is 0.0123. The molecule has 1 fully saturated rings. The molecule has 1 aliphatic heterocycles. The van der Waals surface area contributed by atoms with Crippen LogP contribution in [0.4, 0.5) is 0 Å². The first-order chi connectivity index (χ1) is 13.0. The van der Waals surface area contributed by atoms with Crippen molar-refractivity contribution in [3.63, 3.8) is 0 Å². The van der Waals surface area contributed by atoms with Gasteiger partial charge in [-0.1, -0.05) is 6.08 Å². The average molecular weight is 374 g/mol. The van der Waals surface area contributed by atoms with Gasteiger partial charge in [0.05, 0.1) is 14.2 Å². The van der Waals surface area contributed by atoms with Crippen molar-refractivity contribution in [1.82, 2.24) is 10.2 Å². The Morgan fingerprint density at radius 1 is 1.37 bits per heavy atom. The van der Waals surface area contributed by atoms with Gasteiger partial charge < -0.3 is 19.7 Å². The molecule has 0 aliphatic carbocycles. The van der Waals surface area contributed by atoms with E-state index < -0.39 is 0 Å². The number of piperidine rings is 1. The Balaban J connectivity index is 2.07. The number of carbonyl (C=O) groups is 2. The summed E-state index contributed by atoms with van der Waals surface area (Å²) in [4.78, 5) is 26.1. The number of carbonyl (C=O) groups excluding carboxylic acids is 2. The standard InChI is InChI=1S/C21H30N2O4/c1-15(24)7-9-18(22-2)12-16-6-5-11-23(21(16)25)14-17-8-10-19(26-3)13-20(17)27-4/h7-10,13,16,18,22H,5-6,11-12,14H2,1-4H3/b9-7+/t16-,18+/m0/s1. The number of rotatable bonds is 9. The molecule has 0 saturated carbocycles. The Kier molecular flexibility index (Phi) is 7.85. The molecular weight excluding hydrogens is 344 g/mol. The van der Waals surface area contributed by atoms with Crippen molar-refractivity contribution in [2.24, 2.45) is 5.92 Å². The summed E-state index contributed by atoms with van der Waals surface area (Å²) < 4.78 is 10.7. The van der Waals surface area contributed by atoms with Crippen molar-refractivity contribution in [1.29, 1.82) is 0 Å². The third kappa shape index (κ3) is 5.82. The molecule has 0 radical (unpaired) electrons. The second-order valence-corrected chi connectivity index (χ2v) is 6.88. The molecule has 6 heteroatoms. The summed E-state index contributed by atoms with van der Waals surface area (Å²) >= 11 is 0. The number of likely N-dealkylation sites (N-methyl/N-ethyl adjacent to an activating group) is 1. The summed E-state index contributed by atoms with van der Waals surface area (Å²) in [5, 5.41) is 3.18. The van der Waals surface area contributed by atoms with E-state index in [0.29, 0.717) is 13.0 Å². The van der Waals surface area contributed by atoms with E-state index in [2.05, 4.69) is 5.32 Å². The maximum atomic E-state index is 13.0. The molecule has 1 aromatic carbocycles. The predicted molar refractivity (Wildman–Crippen MR) is 105 cm³/mol. The molecular formula is C21H30N2O4. The van der Waals surface area contributed by atoms with Crippen LogP contribution in [0, 0.1) is 5.92 Å². The summed E-state index contributed by atoms with van der Waals surface area (Å²) in [6.07, 6.45) is 5.95. The summed E-state index contributed by atoms with van der Waals surface area (Å²) in [6, 6.07) is 5.68. The van der Waals surface area contributed by atoms with Crippen molar-refractivity contribution in [3.05, 3.63) is 35.9 Å². The van der Waals surface area contributed by atoms with Crippen LogP contribution in [-0.4, -0.2) is 50.4 Å². The van der Waals surface area contributed by atoms with Gasteiger partial charge in [0.15, 0.2) is 5.78 Å². The first kappa shape index (κ1) is 21.0. The quantitative estimate of drug-likeness (QED) is 0.673. The first-order valence-electron chi connectivity index (χ1n) is 9.34. The van der Waals surface area contributed by atoms with E-state index in [1.54, 1.807) is 20.3 Å². The zero-order valence-electron chi connectivity index (χ0n) is 16.7. The number of likely N-dealkylation sites (tertiary alicyclic amines) is 1. The van der Waals surface area contributed by atoms with Crippen LogP contribution >= 0.6 is 0 Å². The van der Waals surface area contributed by atoms with Crippen molar-refractivity contribution in [2.45, 2.75) is 38.8 Å². The number of nitrogens with one attached hydrogen (secondary N) is 1. The maximum absolute atomic E-state index is 13.0. The molecule has 0 spiro atoms. The van der Waals surface area contributed by atoms with Crippen molar-refractivity contribution in [3.8, 4) is 11.5 Å². The highest BCUT2D eigenvalue weighted by Gasteiger charge is 2.30. The Labute approximate surface area is 161 Å². The molecule has 1 aromatic rings. The van der Waals surface area contributed by atoms with Gasteiger partial charge in [0.25, 0.3) is 0 Å². The van der Waals surface area contributed by atoms with Crippen LogP contribution in [0.15, 0.2) is 30.4 Å². The molecule has 2 atom stereocenters. The molecule has 0 unspecified atom stereocenters. The average Bonchev–Trinajstić information content (AvgIpc) is 2.67. The van der Waals surface area contributed by atoms with Crippen molar-refractivity contribution in [2.75, 3.05) is 27.8 Å². The normalized spacial score (nSPS) is 18.6. The summed E-state index contributed by atoms with van der Waals surface area (Å²) in [7, 11) is 5.09. The highest BCUT2D eigenvalue weighted by Crippen LogP contribution is 2.29. The molecule has 0 bridgehead atoms. The highest BCUT2D eigenvalue weighted by atomic mass is 16.5. The topological polar surface area (TPSA) is 67.9 Å². The molecule has 1 N–H and O–H groups in total. The van der Waals surface area contributed by atoms with E-state index >= 15 is 0 Å². The van der Waals surface area contributed by atoms with Gasteiger partial charge in [-0.15, -0.1) is 0 Å². The van der Waals surface area contributed by atoms with E-state index in [0.717, 1.165) is 36.4 Å². The van der Waals surface area contributed by atoms with Gasteiger partial charge in [0, 0.05) is 36.7 Å². The maximum Gasteiger partial charge on any atom is 0.226 e. The molecule has 1 saturated heterocycles. The third-order valence-corrected chi connectivity index (χ3v) is 4.97. The van der Waals surface area contributed by atoms with E-state index in [1.165, 1.54) is 6.92 Å². The lowest BCUT2D eigenvalue weighted by Gasteiger charge is -2.34. The number of ketones is 1. The summed E-state index contributed by atoms with van der Waals surface area (Å²) in [5.74, 6) is 1.58. The van der Waals surface area contributed by atoms with E-state index in [-0.39, 0.29) is 23.7 Å². The zero-order valence-corrected chi connectivity index (χ0v) is 16.7. The second-order valence-electron chi connectivity index (χ2n) is 6.88. The van der Waals surface area contributed by atoms with Gasteiger partial charge in [-0.05, 0) is 51.4 Å². The minimum atomic E-state index is -0.0444. The summed E-state index contributed by atoms with van der Waals surface area (Å²) in [6.45, 7) is 2.80. The lowest BCUT2D eigenvalue weighted by molar-refractivity contribution is -0.139. The Morgan fingerprint density at radius 2 is 2.15 bits per heavy atom. The fraction of sp³-hybridized carbons (Fsp3) is 0.524. The lowest BCUT2D eigenvalue weighted by atomic mass is 9.90. The number of hydrogen-bond acceptors (Lipinski definition) is 5. The van der Waals surface area contributed by atoms with Gasteiger partial charge in [-0.2, -0.15) is 0 Å². The van der Waals surface area contributed by atoms with E-state index in [1.807, 2.05) is 36.2 Å². The Morgan fingerprint density at radius 3 is 2.78 bits per heavy atom. The number of benzene rings is 1. The van der Waals surface area contributed by atoms with Crippen LogP contribution in [0.3, 0.4) is 0 Å². The molecule has 27 heavy (non-hydrogen) atoms. The molecule has 1 aliphatic rings. The van der Waals surface area contributed by atoms with Crippen LogP contribution in [0.1, 0.15) is 31.7 Å². The van der Waals surface area contributed by atoms with Gasteiger partial charge in [-0.25, -0.2) is 0 Å². The van der Waals surface area contributed by atoms with Gasteiger partial charge in [0.2, 0.25) is 5.91 Å². The molecule has 0 aromatic heterocycles. The largest absolute Gasteiger partial charge is 0.497 e. The molecule has 148 valence electrons. The van der Waals surface area contributed by atoms with Crippen LogP contribution < -0.4 is 14.8 Å². The lowest BCUT2D eigenvalue weighted by Crippen LogP contribution is -2.42. The minimum Gasteiger partial charge on any atom is -0.497 e. The van der Waals surface area contributed by atoms with Gasteiger partial charge >= 0.3 is 0 Å².